The fourth-order valence-electron chi connectivity index (χ4n) is 4.95. The second kappa shape index (κ2) is 9.07. The third-order valence-corrected chi connectivity index (χ3v) is 6.79. The molecule has 0 bridgehead atoms. The van der Waals surface area contributed by atoms with E-state index in [4.69, 9.17) is 4.74 Å². The second-order valence-corrected chi connectivity index (χ2v) is 8.80. The molecule has 1 aliphatic heterocycles. The van der Waals surface area contributed by atoms with Gasteiger partial charge >= 0.3 is 0 Å². The average Bonchev–Trinajstić information content (AvgIpc) is 3.33. The molecule has 4 heteroatoms. The average molecular weight is 437 g/mol. The first-order valence-corrected chi connectivity index (χ1v) is 11.5. The van der Waals surface area contributed by atoms with E-state index in [1.165, 1.54) is 10.9 Å². The summed E-state index contributed by atoms with van der Waals surface area (Å²) >= 11 is 0. The monoisotopic (exact) mass is 436 g/mol. The largest absolute Gasteiger partial charge is 0.497 e. The zero-order valence-corrected chi connectivity index (χ0v) is 19.1. The van der Waals surface area contributed by atoms with E-state index in [0.717, 1.165) is 59.5 Å². The maximum absolute atomic E-state index is 13.5. The van der Waals surface area contributed by atoms with Gasteiger partial charge in [0.1, 0.15) is 5.75 Å². The summed E-state index contributed by atoms with van der Waals surface area (Å²) in [5.41, 5.74) is 6.34. The Bertz CT molecular complexity index is 1290. The normalized spacial score (nSPS) is 15.7. The summed E-state index contributed by atoms with van der Waals surface area (Å²) in [5, 5.41) is 1.22. The van der Waals surface area contributed by atoms with Crippen LogP contribution in [-0.2, 0) is 6.42 Å². The molecular weight excluding hydrogens is 408 g/mol. The number of hydrogen-bond donors (Lipinski definition) is 0. The highest BCUT2D eigenvalue weighted by atomic mass is 16.5. The van der Waals surface area contributed by atoms with Gasteiger partial charge in [0.25, 0.3) is 5.91 Å². The van der Waals surface area contributed by atoms with Crippen molar-refractivity contribution in [3.63, 3.8) is 0 Å². The summed E-state index contributed by atoms with van der Waals surface area (Å²) in [6, 6.07) is 24.4. The fraction of sp³-hybridized carbons (Fsp3) is 0.241. The van der Waals surface area contributed by atoms with Crippen molar-refractivity contribution >= 4 is 16.8 Å². The van der Waals surface area contributed by atoms with Crippen LogP contribution in [0.25, 0.3) is 22.0 Å². The Morgan fingerprint density at radius 1 is 1.03 bits per heavy atom. The molecular formula is C29H28N2O2. The van der Waals surface area contributed by atoms with Crippen LogP contribution in [0.4, 0.5) is 0 Å². The highest BCUT2D eigenvalue weighted by Crippen LogP contribution is 2.30. The number of carbonyl (C=O) groups excluding carboxylic acids is 1. The highest BCUT2D eigenvalue weighted by molar-refractivity contribution is 5.97. The molecule has 0 unspecified atom stereocenters. The summed E-state index contributed by atoms with van der Waals surface area (Å²) in [4.78, 5) is 20.0. The molecule has 1 saturated heterocycles. The van der Waals surface area contributed by atoms with Crippen molar-refractivity contribution in [1.82, 2.24) is 9.88 Å². The summed E-state index contributed by atoms with van der Waals surface area (Å²) in [5.74, 6) is 1.42. The predicted octanol–water partition coefficient (Wildman–Crippen LogP) is 5.92. The molecule has 1 aliphatic rings. The molecule has 0 N–H and O–H groups in total. The Labute approximate surface area is 194 Å². The molecule has 2 heterocycles. The maximum Gasteiger partial charge on any atom is 0.254 e. The van der Waals surface area contributed by atoms with Crippen LogP contribution in [0.2, 0.25) is 0 Å². The Kier molecular flexibility index (Phi) is 5.82. The number of fused-ring (bicyclic) bond motifs is 1. The maximum atomic E-state index is 13.5. The fourth-order valence-corrected chi connectivity index (χ4v) is 4.95. The molecule has 1 fully saturated rings. The van der Waals surface area contributed by atoms with E-state index >= 15 is 0 Å². The molecule has 4 aromatic rings. The molecule has 0 saturated carbocycles. The molecule has 0 radical (unpaired) electrons. The Morgan fingerprint density at radius 2 is 1.85 bits per heavy atom. The van der Waals surface area contributed by atoms with Crippen LogP contribution in [0.15, 0.2) is 79.0 Å². The minimum absolute atomic E-state index is 0.130. The molecule has 1 atom stereocenters. The van der Waals surface area contributed by atoms with Crippen molar-refractivity contribution in [2.24, 2.45) is 5.92 Å². The first-order chi connectivity index (χ1) is 16.1. The molecule has 1 amide bonds. The molecule has 1 aromatic heterocycles. The van der Waals surface area contributed by atoms with E-state index in [0.29, 0.717) is 5.92 Å². The first kappa shape index (κ1) is 21.2. The van der Waals surface area contributed by atoms with Crippen molar-refractivity contribution in [3.8, 4) is 16.9 Å². The van der Waals surface area contributed by atoms with E-state index < -0.39 is 0 Å². The predicted molar refractivity (Wildman–Crippen MR) is 133 cm³/mol. The molecule has 166 valence electrons. The molecule has 5 rings (SSSR count). The topological polar surface area (TPSA) is 42.4 Å². The van der Waals surface area contributed by atoms with Crippen LogP contribution in [0.3, 0.4) is 0 Å². The van der Waals surface area contributed by atoms with Gasteiger partial charge in [-0.1, -0.05) is 42.5 Å². The standard InChI is InChI=1S/C29H28N2O2/c1-20-25(22-10-12-24(33-2)13-11-22)7-5-8-26(20)29(32)31-17-15-21(19-31)18-23-14-16-30-28-9-4-3-6-27(23)28/h3-14,16,21H,15,17-19H2,1-2H3/t21-/m1/s1. The van der Waals surface area contributed by atoms with E-state index in [-0.39, 0.29) is 5.91 Å². The lowest BCUT2D eigenvalue weighted by Crippen LogP contribution is -2.29. The number of methoxy groups -OCH3 is 1. The van der Waals surface area contributed by atoms with Gasteiger partial charge in [-0.15, -0.1) is 0 Å². The zero-order chi connectivity index (χ0) is 22.8. The number of carbonyl (C=O) groups is 1. The van der Waals surface area contributed by atoms with E-state index in [1.54, 1.807) is 7.11 Å². The number of ether oxygens (including phenoxy) is 1. The number of para-hydroxylation sites is 1. The van der Waals surface area contributed by atoms with Crippen LogP contribution in [0.1, 0.15) is 27.9 Å². The molecule has 33 heavy (non-hydrogen) atoms. The number of likely N-dealkylation sites (tertiary alicyclic amines) is 1. The number of pyridine rings is 1. The van der Waals surface area contributed by atoms with Gasteiger partial charge in [-0.2, -0.15) is 0 Å². The van der Waals surface area contributed by atoms with Crippen LogP contribution >= 0.6 is 0 Å². The van der Waals surface area contributed by atoms with E-state index in [1.807, 2.05) is 60.5 Å². The van der Waals surface area contributed by atoms with Gasteiger partial charge in [0, 0.05) is 30.2 Å². The van der Waals surface area contributed by atoms with Crippen LogP contribution in [0.5, 0.6) is 5.75 Å². The van der Waals surface area contributed by atoms with Gasteiger partial charge in [-0.3, -0.25) is 9.78 Å². The summed E-state index contributed by atoms with van der Waals surface area (Å²) < 4.78 is 5.28. The van der Waals surface area contributed by atoms with E-state index in [2.05, 4.69) is 35.3 Å². The lowest BCUT2D eigenvalue weighted by Gasteiger charge is -2.19. The van der Waals surface area contributed by atoms with Gasteiger partial charge in [-0.25, -0.2) is 0 Å². The molecule has 0 spiro atoms. The third-order valence-electron chi connectivity index (χ3n) is 6.79. The van der Waals surface area contributed by atoms with Crippen LogP contribution in [0, 0.1) is 12.8 Å². The van der Waals surface area contributed by atoms with Crippen molar-refractivity contribution in [3.05, 3.63) is 95.7 Å². The second-order valence-electron chi connectivity index (χ2n) is 8.80. The first-order valence-electron chi connectivity index (χ1n) is 11.5. The number of rotatable bonds is 5. The number of hydrogen-bond acceptors (Lipinski definition) is 3. The molecule has 4 nitrogen and oxygen atoms in total. The Balaban J connectivity index is 1.33. The van der Waals surface area contributed by atoms with Gasteiger partial charge in [-0.05, 0) is 78.3 Å². The van der Waals surface area contributed by atoms with Crippen molar-refractivity contribution in [2.45, 2.75) is 19.8 Å². The van der Waals surface area contributed by atoms with Crippen molar-refractivity contribution in [1.29, 1.82) is 0 Å². The number of amides is 1. The SMILES string of the molecule is COc1ccc(-c2cccc(C(=O)N3CC[C@H](Cc4ccnc5ccccc45)C3)c2C)cc1. The smallest absolute Gasteiger partial charge is 0.254 e. The third kappa shape index (κ3) is 4.21. The quantitative estimate of drug-likeness (QED) is 0.390. The minimum atomic E-state index is 0.130. The van der Waals surface area contributed by atoms with Gasteiger partial charge < -0.3 is 9.64 Å². The number of nitrogens with zero attached hydrogens (tertiary/aromatic N) is 2. The minimum Gasteiger partial charge on any atom is -0.497 e. The van der Waals surface area contributed by atoms with Gasteiger partial charge in [0.15, 0.2) is 0 Å². The number of aromatic nitrogens is 1. The molecule has 0 aliphatic carbocycles. The summed E-state index contributed by atoms with van der Waals surface area (Å²) in [6.07, 6.45) is 3.89. The van der Waals surface area contributed by atoms with Crippen LogP contribution < -0.4 is 4.74 Å². The van der Waals surface area contributed by atoms with Crippen molar-refractivity contribution in [2.75, 3.05) is 20.2 Å². The van der Waals surface area contributed by atoms with Crippen LogP contribution in [-0.4, -0.2) is 36.0 Å². The van der Waals surface area contributed by atoms with Crippen molar-refractivity contribution < 1.29 is 9.53 Å². The zero-order valence-electron chi connectivity index (χ0n) is 19.1. The van der Waals surface area contributed by atoms with Gasteiger partial charge in [0.2, 0.25) is 0 Å². The summed E-state index contributed by atoms with van der Waals surface area (Å²) in [7, 11) is 1.67. The van der Waals surface area contributed by atoms with Gasteiger partial charge in [0.05, 0.1) is 12.6 Å². The Hall–Kier alpha value is -3.66. The summed E-state index contributed by atoms with van der Waals surface area (Å²) in [6.45, 7) is 3.64. The number of benzene rings is 3. The molecule has 3 aromatic carbocycles. The highest BCUT2D eigenvalue weighted by Gasteiger charge is 2.28. The lowest BCUT2D eigenvalue weighted by molar-refractivity contribution is 0.0786. The lowest BCUT2D eigenvalue weighted by atomic mass is 9.95. The van der Waals surface area contributed by atoms with E-state index in [9.17, 15) is 4.79 Å². The Morgan fingerprint density at radius 3 is 2.67 bits per heavy atom.